The summed E-state index contributed by atoms with van der Waals surface area (Å²) in [7, 11) is 2.12. The van der Waals surface area contributed by atoms with Crippen LogP contribution in [0.4, 0.5) is 11.8 Å². The number of piperazine rings is 1. The van der Waals surface area contributed by atoms with Crippen molar-refractivity contribution in [3.8, 4) is 11.3 Å². The van der Waals surface area contributed by atoms with Crippen LogP contribution in [0, 0.1) is 0 Å². The van der Waals surface area contributed by atoms with Gasteiger partial charge in [0.25, 0.3) is 5.91 Å². The number of halogens is 1. The number of aromatic nitrogens is 3. The Labute approximate surface area is 263 Å². The van der Waals surface area contributed by atoms with Crippen molar-refractivity contribution in [3.05, 3.63) is 64.4 Å². The Morgan fingerprint density at radius 1 is 1.11 bits per heavy atom. The van der Waals surface area contributed by atoms with Gasteiger partial charge in [-0.05, 0) is 57.5 Å². The molecule has 44 heavy (non-hydrogen) atoms. The van der Waals surface area contributed by atoms with Gasteiger partial charge in [0.2, 0.25) is 11.9 Å². The molecule has 2 N–H and O–H groups in total. The molecule has 3 aromatic rings. The lowest BCUT2D eigenvalue weighted by molar-refractivity contribution is -0.122. The predicted octanol–water partition coefficient (Wildman–Crippen LogP) is 3.93. The molecule has 2 fully saturated rings. The monoisotopic (exact) mass is 618 g/mol. The molecule has 232 valence electrons. The number of anilines is 2. The van der Waals surface area contributed by atoms with E-state index < -0.39 is 0 Å². The number of benzene rings is 1. The Balaban J connectivity index is 1.12. The summed E-state index contributed by atoms with van der Waals surface area (Å²) in [5.41, 5.74) is 3.47. The second-order valence-corrected chi connectivity index (χ2v) is 12.2. The Morgan fingerprint density at radius 2 is 1.89 bits per heavy atom. The van der Waals surface area contributed by atoms with Gasteiger partial charge in [0.15, 0.2) is 0 Å². The van der Waals surface area contributed by atoms with Crippen LogP contribution in [-0.4, -0.2) is 95.6 Å². The fourth-order valence-corrected chi connectivity index (χ4v) is 6.23. The van der Waals surface area contributed by atoms with Crippen molar-refractivity contribution < 1.29 is 14.3 Å². The zero-order chi connectivity index (χ0) is 30.8. The summed E-state index contributed by atoms with van der Waals surface area (Å²) in [5, 5.41) is 6.82. The summed E-state index contributed by atoms with van der Waals surface area (Å²) < 4.78 is 5.44. The predicted molar refractivity (Wildman–Crippen MR) is 170 cm³/mol. The number of pyridine rings is 1. The summed E-state index contributed by atoms with van der Waals surface area (Å²) in [6, 6.07) is 11.2. The SMILES string of the molecule is CC(NC(=O)CN1C(=O)c2cc(-c3nc(NC4CCOCC4)ncc3Cl)ccc2[C@H]1C)c1cccc(N2CCN(C)CC2)n1. The third-order valence-corrected chi connectivity index (χ3v) is 9.03. The second-order valence-electron chi connectivity index (χ2n) is 11.8. The quantitative estimate of drug-likeness (QED) is 0.387. The molecule has 5 heterocycles. The third kappa shape index (κ3) is 6.50. The normalized spacial score (nSPS) is 20.0. The molecule has 0 aliphatic carbocycles. The van der Waals surface area contributed by atoms with Crippen LogP contribution in [0.2, 0.25) is 5.02 Å². The summed E-state index contributed by atoms with van der Waals surface area (Å²) in [6.45, 7) is 9.03. The van der Waals surface area contributed by atoms with E-state index in [1.165, 1.54) is 0 Å². The van der Waals surface area contributed by atoms with Crippen LogP contribution in [-0.2, 0) is 9.53 Å². The highest BCUT2D eigenvalue weighted by Gasteiger charge is 2.35. The molecule has 3 aliphatic heterocycles. The van der Waals surface area contributed by atoms with E-state index in [9.17, 15) is 9.59 Å². The lowest BCUT2D eigenvalue weighted by Gasteiger charge is -2.33. The van der Waals surface area contributed by atoms with E-state index in [1.807, 2.05) is 50.2 Å². The number of ether oxygens (including phenoxy) is 1. The van der Waals surface area contributed by atoms with Gasteiger partial charge in [-0.25, -0.2) is 15.0 Å². The van der Waals surface area contributed by atoms with E-state index in [-0.39, 0.29) is 36.5 Å². The number of rotatable bonds is 8. The summed E-state index contributed by atoms with van der Waals surface area (Å²) in [6.07, 6.45) is 3.35. The molecule has 12 heteroatoms. The molecule has 0 radical (unpaired) electrons. The first kappa shape index (κ1) is 30.2. The molecule has 3 aliphatic rings. The average Bonchev–Trinajstić information content (AvgIpc) is 3.27. The maximum atomic E-state index is 13.6. The first-order valence-corrected chi connectivity index (χ1v) is 15.7. The Hall–Kier alpha value is -3.80. The highest BCUT2D eigenvalue weighted by molar-refractivity contribution is 6.33. The van der Waals surface area contributed by atoms with Gasteiger partial charge < -0.3 is 30.1 Å². The van der Waals surface area contributed by atoms with Crippen LogP contribution < -0.4 is 15.5 Å². The first-order chi connectivity index (χ1) is 21.3. The molecule has 0 saturated carbocycles. The van der Waals surface area contributed by atoms with Crippen molar-refractivity contribution in [2.24, 2.45) is 0 Å². The number of hydrogen-bond acceptors (Lipinski definition) is 9. The van der Waals surface area contributed by atoms with Crippen LogP contribution in [0.3, 0.4) is 0 Å². The van der Waals surface area contributed by atoms with Crippen LogP contribution in [0.5, 0.6) is 0 Å². The number of nitrogens with zero attached hydrogens (tertiary/aromatic N) is 6. The van der Waals surface area contributed by atoms with Gasteiger partial charge in [-0.3, -0.25) is 9.59 Å². The second kappa shape index (κ2) is 13.1. The average molecular weight is 619 g/mol. The molecule has 2 aromatic heterocycles. The van der Waals surface area contributed by atoms with Gasteiger partial charge in [0, 0.05) is 56.6 Å². The van der Waals surface area contributed by atoms with E-state index in [4.69, 9.17) is 21.3 Å². The molecule has 2 atom stereocenters. The van der Waals surface area contributed by atoms with Crippen molar-refractivity contribution in [1.29, 1.82) is 0 Å². The summed E-state index contributed by atoms with van der Waals surface area (Å²) in [4.78, 5) is 46.8. The van der Waals surface area contributed by atoms with Gasteiger partial charge in [-0.2, -0.15) is 0 Å². The number of likely N-dealkylation sites (N-methyl/N-ethyl adjacent to an activating group) is 1. The molecule has 0 bridgehead atoms. The molecular weight excluding hydrogens is 580 g/mol. The molecule has 0 spiro atoms. The lowest BCUT2D eigenvalue weighted by atomic mass is 10.0. The Kier molecular flexibility index (Phi) is 8.97. The van der Waals surface area contributed by atoms with Crippen molar-refractivity contribution in [1.82, 2.24) is 30.1 Å². The standard InChI is InChI=1S/C32H39ClN8O3/c1-20(27-5-4-6-28(37-27)40-13-11-39(3)12-14-40)35-29(42)19-41-21(2)24-8-7-22(17-25(24)31(41)43)30-26(33)18-34-32(38-30)36-23-9-15-44-16-10-23/h4-8,17-18,20-21,23H,9-16,19H2,1-3H3,(H,35,42)(H,34,36,38)/t20?,21-/m1/s1. The summed E-state index contributed by atoms with van der Waals surface area (Å²) >= 11 is 6.51. The van der Waals surface area contributed by atoms with E-state index in [0.717, 1.165) is 61.7 Å². The largest absolute Gasteiger partial charge is 0.381 e. The van der Waals surface area contributed by atoms with Gasteiger partial charge >= 0.3 is 0 Å². The van der Waals surface area contributed by atoms with Gasteiger partial charge in [0.1, 0.15) is 12.4 Å². The number of amides is 2. The van der Waals surface area contributed by atoms with E-state index in [1.54, 1.807) is 11.1 Å². The van der Waals surface area contributed by atoms with Crippen LogP contribution in [0.25, 0.3) is 11.3 Å². The minimum atomic E-state index is -0.305. The summed E-state index contributed by atoms with van der Waals surface area (Å²) in [5.74, 6) is 0.979. The fourth-order valence-electron chi connectivity index (χ4n) is 6.03. The number of carbonyl (C=O) groups is 2. The van der Waals surface area contributed by atoms with E-state index >= 15 is 0 Å². The highest BCUT2D eigenvalue weighted by Crippen LogP contribution is 2.37. The van der Waals surface area contributed by atoms with Crippen molar-refractivity contribution >= 4 is 35.2 Å². The first-order valence-electron chi connectivity index (χ1n) is 15.3. The third-order valence-electron chi connectivity index (χ3n) is 8.75. The molecule has 6 rings (SSSR count). The maximum Gasteiger partial charge on any atom is 0.255 e. The topological polar surface area (TPSA) is 116 Å². The zero-order valence-corrected chi connectivity index (χ0v) is 26.2. The van der Waals surface area contributed by atoms with E-state index in [2.05, 4.69) is 37.4 Å². The number of hydrogen-bond donors (Lipinski definition) is 2. The fraction of sp³-hybridized carbons (Fsp3) is 0.469. The number of carbonyl (C=O) groups excluding carboxylic acids is 2. The molecular formula is C32H39ClN8O3. The Bertz CT molecular complexity index is 1520. The van der Waals surface area contributed by atoms with Crippen LogP contribution in [0.15, 0.2) is 42.6 Å². The minimum Gasteiger partial charge on any atom is -0.381 e. The van der Waals surface area contributed by atoms with Crippen LogP contribution in [0.1, 0.15) is 60.4 Å². The van der Waals surface area contributed by atoms with E-state index in [0.29, 0.717) is 35.4 Å². The number of fused-ring (bicyclic) bond motifs is 1. The van der Waals surface area contributed by atoms with Gasteiger partial charge in [0.05, 0.1) is 34.7 Å². The maximum absolute atomic E-state index is 13.6. The molecule has 1 unspecified atom stereocenters. The zero-order valence-electron chi connectivity index (χ0n) is 25.4. The van der Waals surface area contributed by atoms with Crippen molar-refractivity contribution in [2.45, 2.75) is 44.8 Å². The molecule has 2 saturated heterocycles. The lowest BCUT2D eigenvalue weighted by Crippen LogP contribution is -2.45. The Morgan fingerprint density at radius 3 is 2.66 bits per heavy atom. The minimum absolute atomic E-state index is 0.0556. The van der Waals surface area contributed by atoms with Gasteiger partial charge in [-0.15, -0.1) is 0 Å². The van der Waals surface area contributed by atoms with Crippen molar-refractivity contribution in [3.63, 3.8) is 0 Å². The molecule has 1 aromatic carbocycles. The molecule has 11 nitrogen and oxygen atoms in total. The number of nitrogens with one attached hydrogen (secondary N) is 2. The molecule has 2 amide bonds. The highest BCUT2D eigenvalue weighted by atomic mass is 35.5. The van der Waals surface area contributed by atoms with Crippen molar-refractivity contribution in [2.75, 3.05) is 63.2 Å². The van der Waals surface area contributed by atoms with Crippen LogP contribution >= 0.6 is 11.6 Å². The smallest absolute Gasteiger partial charge is 0.255 e. The van der Waals surface area contributed by atoms with Gasteiger partial charge in [-0.1, -0.05) is 29.8 Å².